The number of rotatable bonds is 1. The third kappa shape index (κ3) is 0.738. The van der Waals surface area contributed by atoms with Crippen LogP contribution < -0.4 is 0 Å². The Labute approximate surface area is 78.9 Å². The summed E-state index contributed by atoms with van der Waals surface area (Å²) in [5, 5.41) is 10.7. The first-order valence-corrected chi connectivity index (χ1v) is 4.24. The maximum atomic E-state index is 10.8. The highest BCUT2D eigenvalue weighted by molar-refractivity contribution is 6.15. The van der Waals surface area contributed by atoms with Gasteiger partial charge in [0.2, 0.25) is 0 Å². The van der Waals surface area contributed by atoms with E-state index in [1.54, 1.807) is 6.07 Å². The van der Waals surface area contributed by atoms with Crippen LogP contribution in [0.5, 0.6) is 0 Å². The molecule has 0 aliphatic carbocycles. The molecule has 3 nitrogen and oxygen atoms in total. The molecule has 2 bridgehead atoms. The SMILES string of the molecule is O=C(O)c1cc2oc1c1ccccc21. The molecule has 1 N–H and O–H groups in total. The van der Waals surface area contributed by atoms with Gasteiger partial charge in [-0.25, -0.2) is 4.79 Å². The van der Waals surface area contributed by atoms with Crippen LogP contribution >= 0.6 is 0 Å². The number of hydrogen-bond acceptors (Lipinski definition) is 2. The van der Waals surface area contributed by atoms with Crippen LogP contribution in [0.25, 0.3) is 21.9 Å². The summed E-state index contributed by atoms with van der Waals surface area (Å²) >= 11 is 0. The maximum absolute atomic E-state index is 10.8. The highest BCUT2D eigenvalue weighted by Crippen LogP contribution is 2.34. The minimum absolute atomic E-state index is 0.249. The molecule has 3 rings (SSSR count). The Morgan fingerprint density at radius 2 is 1.93 bits per heavy atom. The number of aromatic carboxylic acids is 1. The summed E-state index contributed by atoms with van der Waals surface area (Å²) in [6, 6.07) is 9.14. The van der Waals surface area contributed by atoms with E-state index >= 15 is 0 Å². The van der Waals surface area contributed by atoms with E-state index in [0.29, 0.717) is 11.2 Å². The third-order valence-electron chi connectivity index (χ3n) is 2.40. The number of carboxylic acids is 1. The lowest BCUT2D eigenvalue weighted by Gasteiger charge is -1.92. The van der Waals surface area contributed by atoms with E-state index in [-0.39, 0.29) is 5.56 Å². The molecule has 0 atom stereocenters. The Hall–Kier alpha value is -2.03. The van der Waals surface area contributed by atoms with Crippen molar-refractivity contribution in [1.29, 1.82) is 0 Å². The number of carboxylic acid groups (broad SMARTS) is 1. The number of furan rings is 2. The minimum atomic E-state index is -0.940. The molecule has 1 aromatic carbocycles. The first-order chi connectivity index (χ1) is 6.77. The van der Waals surface area contributed by atoms with Gasteiger partial charge in [-0.3, -0.25) is 0 Å². The largest absolute Gasteiger partial charge is 0.478 e. The van der Waals surface area contributed by atoms with Gasteiger partial charge in [-0.1, -0.05) is 24.3 Å². The smallest absolute Gasteiger partial charge is 0.339 e. The Kier molecular flexibility index (Phi) is 1.19. The van der Waals surface area contributed by atoms with Crippen molar-refractivity contribution >= 4 is 27.9 Å². The van der Waals surface area contributed by atoms with Gasteiger partial charge in [-0.2, -0.15) is 0 Å². The molecule has 0 spiro atoms. The van der Waals surface area contributed by atoms with Crippen molar-refractivity contribution in [2.24, 2.45) is 0 Å². The van der Waals surface area contributed by atoms with E-state index in [2.05, 4.69) is 0 Å². The number of carbonyl (C=O) groups is 1. The lowest BCUT2D eigenvalue weighted by Crippen LogP contribution is -1.94. The van der Waals surface area contributed by atoms with Crippen LogP contribution in [0.15, 0.2) is 34.7 Å². The van der Waals surface area contributed by atoms with Gasteiger partial charge in [0.25, 0.3) is 0 Å². The van der Waals surface area contributed by atoms with Gasteiger partial charge >= 0.3 is 5.97 Å². The van der Waals surface area contributed by atoms with E-state index in [1.165, 1.54) is 0 Å². The van der Waals surface area contributed by atoms with Crippen LogP contribution in [0.4, 0.5) is 0 Å². The first-order valence-electron chi connectivity index (χ1n) is 4.24. The van der Waals surface area contributed by atoms with E-state index in [1.807, 2.05) is 24.3 Å². The Morgan fingerprint density at radius 1 is 1.21 bits per heavy atom. The summed E-state index contributed by atoms with van der Waals surface area (Å²) in [7, 11) is 0. The second-order valence-electron chi connectivity index (χ2n) is 3.20. The normalized spacial score (nSPS) is 11.4. The highest BCUT2D eigenvalue weighted by atomic mass is 16.4. The van der Waals surface area contributed by atoms with Crippen molar-refractivity contribution in [1.82, 2.24) is 0 Å². The minimum Gasteiger partial charge on any atom is -0.478 e. The molecule has 0 unspecified atom stereocenters. The molecular weight excluding hydrogens is 180 g/mol. The lowest BCUT2D eigenvalue weighted by atomic mass is 10.1. The predicted molar refractivity (Wildman–Crippen MR) is 51.9 cm³/mol. The second-order valence-corrected chi connectivity index (χ2v) is 3.20. The quantitative estimate of drug-likeness (QED) is 0.635. The zero-order chi connectivity index (χ0) is 9.71. The van der Waals surface area contributed by atoms with Gasteiger partial charge < -0.3 is 9.52 Å². The van der Waals surface area contributed by atoms with Crippen LogP contribution in [0.2, 0.25) is 0 Å². The summed E-state index contributed by atoms with van der Waals surface area (Å²) < 4.78 is 5.38. The van der Waals surface area contributed by atoms with Gasteiger partial charge in [0.15, 0.2) is 0 Å². The van der Waals surface area contributed by atoms with Gasteiger partial charge in [-0.05, 0) is 6.07 Å². The standard InChI is InChI=1S/C11H6O3/c12-11(13)8-5-9-6-3-1-2-4-7(6)10(8)14-9/h1-5H,(H,12,13). The van der Waals surface area contributed by atoms with Gasteiger partial charge in [-0.15, -0.1) is 0 Å². The highest BCUT2D eigenvalue weighted by Gasteiger charge is 2.18. The molecule has 0 aliphatic rings. The summed E-state index contributed by atoms with van der Waals surface area (Å²) in [5.41, 5.74) is 1.37. The Bertz CT molecular complexity index is 621. The molecule has 0 saturated heterocycles. The molecule has 2 aromatic heterocycles. The van der Waals surface area contributed by atoms with Crippen molar-refractivity contribution in [2.75, 3.05) is 0 Å². The van der Waals surface area contributed by atoms with E-state index in [9.17, 15) is 4.79 Å². The van der Waals surface area contributed by atoms with Crippen molar-refractivity contribution < 1.29 is 14.3 Å². The van der Waals surface area contributed by atoms with Crippen LogP contribution in [0.3, 0.4) is 0 Å². The van der Waals surface area contributed by atoms with Crippen LogP contribution in [0, 0.1) is 0 Å². The summed E-state index contributed by atoms with van der Waals surface area (Å²) in [4.78, 5) is 10.8. The zero-order valence-corrected chi connectivity index (χ0v) is 7.15. The second kappa shape index (κ2) is 2.26. The number of fused-ring (bicyclic) bond motifs is 5. The van der Waals surface area contributed by atoms with Gasteiger partial charge in [0, 0.05) is 10.8 Å². The van der Waals surface area contributed by atoms with Crippen molar-refractivity contribution in [2.45, 2.75) is 0 Å². The fourth-order valence-corrected chi connectivity index (χ4v) is 1.78. The summed E-state index contributed by atoms with van der Waals surface area (Å²) in [5.74, 6) is -0.940. The molecule has 0 aliphatic heterocycles. The molecular formula is C11H6O3. The van der Waals surface area contributed by atoms with Crippen LogP contribution in [0.1, 0.15) is 10.4 Å². The third-order valence-corrected chi connectivity index (χ3v) is 2.40. The predicted octanol–water partition coefficient (Wildman–Crippen LogP) is 2.72. The molecule has 3 heteroatoms. The van der Waals surface area contributed by atoms with Crippen molar-refractivity contribution in [3.8, 4) is 0 Å². The zero-order valence-electron chi connectivity index (χ0n) is 7.15. The van der Waals surface area contributed by atoms with E-state index in [0.717, 1.165) is 10.8 Å². The van der Waals surface area contributed by atoms with Gasteiger partial charge in [0.1, 0.15) is 16.7 Å². The summed E-state index contributed by atoms with van der Waals surface area (Å²) in [6.45, 7) is 0. The van der Waals surface area contributed by atoms with Crippen LogP contribution in [-0.2, 0) is 0 Å². The van der Waals surface area contributed by atoms with Crippen molar-refractivity contribution in [3.05, 3.63) is 35.9 Å². The number of hydrogen-bond donors (Lipinski definition) is 1. The van der Waals surface area contributed by atoms with E-state index in [4.69, 9.17) is 9.52 Å². The average Bonchev–Trinajstić information content (AvgIpc) is 2.75. The molecule has 0 radical (unpaired) electrons. The lowest BCUT2D eigenvalue weighted by molar-refractivity contribution is 0.0699. The Balaban J connectivity index is 2.52. The topological polar surface area (TPSA) is 50.4 Å². The average molecular weight is 186 g/mol. The maximum Gasteiger partial charge on any atom is 0.339 e. The molecule has 2 heterocycles. The molecule has 68 valence electrons. The number of benzene rings is 2. The fourth-order valence-electron chi connectivity index (χ4n) is 1.78. The van der Waals surface area contributed by atoms with Crippen molar-refractivity contribution in [3.63, 3.8) is 0 Å². The molecule has 14 heavy (non-hydrogen) atoms. The molecule has 0 fully saturated rings. The Morgan fingerprint density at radius 3 is 2.64 bits per heavy atom. The van der Waals surface area contributed by atoms with Crippen LogP contribution in [-0.4, -0.2) is 11.1 Å². The fraction of sp³-hybridized carbons (Fsp3) is 0. The first kappa shape index (κ1) is 7.38. The monoisotopic (exact) mass is 186 g/mol. The molecule has 3 aromatic rings. The van der Waals surface area contributed by atoms with Gasteiger partial charge in [0.05, 0.1) is 0 Å². The summed E-state index contributed by atoms with van der Waals surface area (Å²) in [6.07, 6.45) is 0. The van der Waals surface area contributed by atoms with E-state index < -0.39 is 5.97 Å². The molecule has 0 saturated carbocycles. The molecule has 0 amide bonds.